The van der Waals surface area contributed by atoms with Crippen LogP contribution in [0.2, 0.25) is 0 Å². The van der Waals surface area contributed by atoms with Crippen molar-refractivity contribution in [2.24, 2.45) is 0 Å². The van der Waals surface area contributed by atoms with Crippen LogP contribution < -0.4 is 4.72 Å². The maximum Gasteiger partial charge on any atom is 0.270 e. The van der Waals surface area contributed by atoms with E-state index in [-0.39, 0.29) is 5.91 Å². The lowest BCUT2D eigenvalue weighted by atomic mass is 10.5. The van der Waals surface area contributed by atoms with Gasteiger partial charge in [0.15, 0.2) is 0 Å². The fourth-order valence-corrected chi connectivity index (χ4v) is 1.28. The standard InChI is InChI=1S/C5H5NOS2/c7-5(6-8)4-2-1-3-9-4/h1-3,8H,(H,6,7). The van der Waals surface area contributed by atoms with E-state index in [4.69, 9.17) is 0 Å². The molecular formula is C5H5NOS2. The molecule has 0 radical (unpaired) electrons. The molecule has 0 atom stereocenters. The monoisotopic (exact) mass is 159 g/mol. The number of hydrogen-bond donors (Lipinski definition) is 2. The first-order chi connectivity index (χ1) is 4.34. The summed E-state index contributed by atoms with van der Waals surface area (Å²) in [6, 6.07) is 3.57. The summed E-state index contributed by atoms with van der Waals surface area (Å²) < 4.78 is 2.23. The summed E-state index contributed by atoms with van der Waals surface area (Å²) in [6.45, 7) is 0. The Morgan fingerprint density at radius 3 is 3.00 bits per heavy atom. The van der Waals surface area contributed by atoms with Crippen LogP contribution in [0.1, 0.15) is 9.67 Å². The highest BCUT2D eigenvalue weighted by atomic mass is 32.1. The first-order valence-corrected chi connectivity index (χ1v) is 3.65. The molecule has 48 valence electrons. The van der Waals surface area contributed by atoms with Crippen LogP contribution in [-0.2, 0) is 0 Å². The molecule has 1 rings (SSSR count). The van der Waals surface area contributed by atoms with Gasteiger partial charge in [-0.15, -0.1) is 11.3 Å². The highest BCUT2D eigenvalue weighted by Crippen LogP contribution is 2.07. The normalized spacial score (nSPS) is 9.00. The SMILES string of the molecule is O=C(NS)c1cccs1. The molecular weight excluding hydrogens is 154 g/mol. The van der Waals surface area contributed by atoms with E-state index in [0.29, 0.717) is 4.88 Å². The van der Waals surface area contributed by atoms with Gasteiger partial charge in [0.2, 0.25) is 0 Å². The predicted octanol–water partition coefficient (Wildman–Crippen LogP) is 1.32. The molecule has 0 aliphatic carbocycles. The van der Waals surface area contributed by atoms with Gasteiger partial charge in [-0.2, -0.15) is 0 Å². The molecule has 0 aliphatic heterocycles. The van der Waals surface area contributed by atoms with Crippen molar-refractivity contribution in [1.29, 1.82) is 0 Å². The van der Waals surface area contributed by atoms with Crippen LogP contribution in [0.3, 0.4) is 0 Å². The van der Waals surface area contributed by atoms with E-state index in [9.17, 15) is 4.79 Å². The van der Waals surface area contributed by atoms with E-state index in [1.807, 2.05) is 11.4 Å². The lowest BCUT2D eigenvalue weighted by molar-refractivity contribution is 0.0989. The molecule has 1 aromatic heterocycles. The van der Waals surface area contributed by atoms with E-state index in [0.717, 1.165) is 0 Å². The fraction of sp³-hybridized carbons (Fsp3) is 0. The molecule has 1 N–H and O–H groups in total. The predicted molar refractivity (Wildman–Crippen MR) is 40.8 cm³/mol. The van der Waals surface area contributed by atoms with E-state index in [1.165, 1.54) is 11.3 Å². The molecule has 0 unspecified atom stereocenters. The number of carbonyl (C=O) groups is 1. The summed E-state index contributed by atoms with van der Waals surface area (Å²) in [6.07, 6.45) is 0. The second kappa shape index (κ2) is 2.89. The Balaban J connectivity index is 2.77. The molecule has 1 amide bonds. The Morgan fingerprint density at radius 2 is 2.56 bits per heavy atom. The van der Waals surface area contributed by atoms with Crippen molar-refractivity contribution in [3.05, 3.63) is 22.4 Å². The number of thiophene rings is 1. The van der Waals surface area contributed by atoms with Crippen molar-refractivity contribution in [1.82, 2.24) is 4.72 Å². The van der Waals surface area contributed by atoms with Gasteiger partial charge in [-0.1, -0.05) is 18.9 Å². The number of thiol groups is 1. The third kappa shape index (κ3) is 1.46. The molecule has 2 nitrogen and oxygen atoms in total. The zero-order chi connectivity index (χ0) is 6.69. The lowest BCUT2D eigenvalue weighted by Crippen LogP contribution is -2.09. The summed E-state index contributed by atoms with van der Waals surface area (Å²) >= 11 is 5.00. The Bertz CT molecular complexity index is 195. The minimum absolute atomic E-state index is 0.145. The molecule has 0 saturated heterocycles. The maximum atomic E-state index is 10.7. The Kier molecular flexibility index (Phi) is 2.13. The van der Waals surface area contributed by atoms with Crippen LogP contribution in [0.15, 0.2) is 17.5 Å². The van der Waals surface area contributed by atoms with Crippen LogP contribution in [-0.4, -0.2) is 5.91 Å². The molecule has 1 aromatic rings. The number of carbonyl (C=O) groups excluding carboxylic acids is 1. The average Bonchev–Trinajstić information content (AvgIpc) is 2.37. The van der Waals surface area contributed by atoms with Crippen molar-refractivity contribution in [2.45, 2.75) is 0 Å². The van der Waals surface area contributed by atoms with Gasteiger partial charge in [0, 0.05) is 0 Å². The fourth-order valence-electron chi connectivity index (χ4n) is 0.463. The first kappa shape index (κ1) is 6.64. The van der Waals surface area contributed by atoms with Gasteiger partial charge >= 0.3 is 0 Å². The highest BCUT2D eigenvalue weighted by molar-refractivity contribution is 7.78. The molecule has 0 bridgehead atoms. The number of rotatable bonds is 1. The molecule has 1 heterocycles. The number of amides is 1. The first-order valence-electron chi connectivity index (χ1n) is 2.32. The van der Waals surface area contributed by atoms with Crippen molar-refractivity contribution in [3.63, 3.8) is 0 Å². The van der Waals surface area contributed by atoms with E-state index in [2.05, 4.69) is 17.5 Å². The van der Waals surface area contributed by atoms with Gasteiger partial charge in [0.25, 0.3) is 5.91 Å². The van der Waals surface area contributed by atoms with Crippen LogP contribution in [0.4, 0.5) is 0 Å². The largest absolute Gasteiger partial charge is 0.298 e. The number of hydrogen-bond acceptors (Lipinski definition) is 3. The summed E-state index contributed by atoms with van der Waals surface area (Å²) in [5.74, 6) is -0.145. The van der Waals surface area contributed by atoms with Crippen molar-refractivity contribution in [3.8, 4) is 0 Å². The summed E-state index contributed by atoms with van der Waals surface area (Å²) in [5.41, 5.74) is 0. The van der Waals surface area contributed by atoms with Gasteiger partial charge in [-0.05, 0) is 11.4 Å². The van der Waals surface area contributed by atoms with Gasteiger partial charge in [-0.3, -0.25) is 9.52 Å². The van der Waals surface area contributed by atoms with E-state index in [1.54, 1.807) is 6.07 Å². The van der Waals surface area contributed by atoms with Crippen LogP contribution in [0, 0.1) is 0 Å². The zero-order valence-electron chi connectivity index (χ0n) is 4.50. The summed E-state index contributed by atoms with van der Waals surface area (Å²) in [4.78, 5) is 11.4. The minimum atomic E-state index is -0.145. The van der Waals surface area contributed by atoms with Crippen molar-refractivity contribution >= 4 is 30.1 Å². The Labute approximate surface area is 62.4 Å². The minimum Gasteiger partial charge on any atom is -0.298 e. The molecule has 0 spiro atoms. The molecule has 0 aromatic carbocycles. The molecule has 0 saturated carbocycles. The molecule has 9 heavy (non-hydrogen) atoms. The summed E-state index contributed by atoms with van der Waals surface area (Å²) in [7, 11) is 0. The third-order valence-electron chi connectivity index (χ3n) is 0.847. The zero-order valence-corrected chi connectivity index (χ0v) is 6.21. The van der Waals surface area contributed by atoms with Crippen molar-refractivity contribution in [2.75, 3.05) is 0 Å². The molecule has 0 fully saturated rings. The summed E-state index contributed by atoms with van der Waals surface area (Å²) in [5, 5.41) is 1.85. The van der Waals surface area contributed by atoms with Crippen molar-refractivity contribution < 1.29 is 4.79 Å². The van der Waals surface area contributed by atoms with E-state index >= 15 is 0 Å². The van der Waals surface area contributed by atoms with Gasteiger partial charge in [0.05, 0.1) is 4.88 Å². The smallest absolute Gasteiger partial charge is 0.270 e. The third-order valence-corrected chi connectivity index (χ3v) is 1.92. The van der Waals surface area contributed by atoms with E-state index < -0.39 is 0 Å². The second-order valence-electron chi connectivity index (χ2n) is 1.42. The Hall–Kier alpha value is -0.480. The van der Waals surface area contributed by atoms with Gasteiger partial charge in [-0.25, -0.2) is 0 Å². The highest BCUT2D eigenvalue weighted by Gasteiger charge is 2.01. The van der Waals surface area contributed by atoms with Gasteiger partial charge in [0.1, 0.15) is 0 Å². The van der Waals surface area contributed by atoms with Gasteiger partial charge < -0.3 is 0 Å². The average molecular weight is 159 g/mol. The molecule has 4 heteroatoms. The Morgan fingerprint density at radius 1 is 1.78 bits per heavy atom. The van der Waals surface area contributed by atoms with Crippen LogP contribution in [0.5, 0.6) is 0 Å². The lowest BCUT2D eigenvalue weighted by Gasteiger charge is -1.89. The number of nitrogens with one attached hydrogen (secondary N) is 1. The topological polar surface area (TPSA) is 29.1 Å². The van der Waals surface area contributed by atoms with Crippen LogP contribution in [0.25, 0.3) is 0 Å². The second-order valence-corrected chi connectivity index (χ2v) is 2.59. The quantitative estimate of drug-likeness (QED) is 0.595. The molecule has 0 aliphatic rings. The van der Waals surface area contributed by atoms with Crippen LogP contribution >= 0.6 is 24.2 Å². The maximum absolute atomic E-state index is 10.7.